The van der Waals surface area contributed by atoms with Crippen molar-refractivity contribution in [3.63, 3.8) is 0 Å². The Hall–Kier alpha value is -5.18. The van der Waals surface area contributed by atoms with Gasteiger partial charge in [0.15, 0.2) is 0 Å². The lowest BCUT2D eigenvalue weighted by molar-refractivity contribution is 0.660. The second-order valence-corrected chi connectivity index (χ2v) is 13.7. The third-order valence-electron chi connectivity index (χ3n) is 9.67. The van der Waals surface area contributed by atoms with Crippen LogP contribution >= 0.6 is 11.3 Å². The van der Waals surface area contributed by atoms with Crippen molar-refractivity contribution < 1.29 is 0 Å². The third kappa shape index (κ3) is 4.06. The molecule has 7 aromatic carbocycles. The number of rotatable bonds is 4. The second-order valence-electron chi connectivity index (χ2n) is 12.6. The molecule has 0 spiro atoms. The molecule has 0 saturated heterocycles. The van der Waals surface area contributed by atoms with E-state index in [4.69, 9.17) is 0 Å². The van der Waals surface area contributed by atoms with Crippen LogP contribution in [0, 0.1) is 0 Å². The van der Waals surface area contributed by atoms with Crippen LogP contribution in [0.3, 0.4) is 0 Å². The second kappa shape index (κ2) is 9.92. The normalized spacial score (nSPS) is 13.3. The molecular weight excluding hydrogens is 563 g/mol. The van der Waals surface area contributed by atoms with Crippen molar-refractivity contribution in [2.45, 2.75) is 19.3 Å². The Morgan fingerprint density at radius 1 is 0.444 bits per heavy atom. The lowest BCUT2D eigenvalue weighted by Crippen LogP contribution is -2.16. The highest BCUT2D eigenvalue weighted by atomic mass is 32.1. The van der Waals surface area contributed by atoms with Gasteiger partial charge in [-0.1, -0.05) is 117 Å². The van der Waals surface area contributed by atoms with Crippen molar-refractivity contribution in [2.75, 3.05) is 4.90 Å². The van der Waals surface area contributed by atoms with Crippen molar-refractivity contribution in [3.8, 4) is 22.3 Å². The number of hydrogen-bond acceptors (Lipinski definition) is 2. The molecule has 0 fully saturated rings. The van der Waals surface area contributed by atoms with E-state index in [1.807, 2.05) is 11.3 Å². The Labute approximate surface area is 267 Å². The monoisotopic (exact) mass is 593 g/mol. The molecule has 1 aliphatic rings. The molecule has 1 aromatic heterocycles. The van der Waals surface area contributed by atoms with Gasteiger partial charge in [0.05, 0.1) is 0 Å². The van der Waals surface area contributed by atoms with Gasteiger partial charge in [0.2, 0.25) is 0 Å². The number of fused-ring (bicyclic) bond motifs is 7. The van der Waals surface area contributed by atoms with Gasteiger partial charge in [-0.3, -0.25) is 0 Å². The summed E-state index contributed by atoms with van der Waals surface area (Å²) in [4.78, 5) is 2.43. The van der Waals surface area contributed by atoms with Gasteiger partial charge in [-0.05, 0) is 92.7 Å². The van der Waals surface area contributed by atoms with E-state index in [-0.39, 0.29) is 5.41 Å². The summed E-state index contributed by atoms with van der Waals surface area (Å²) in [6.45, 7) is 4.71. The van der Waals surface area contributed by atoms with Crippen LogP contribution in [0.4, 0.5) is 17.1 Å². The van der Waals surface area contributed by atoms with Crippen LogP contribution in [0.1, 0.15) is 25.0 Å². The van der Waals surface area contributed by atoms with E-state index in [0.717, 1.165) is 11.4 Å². The predicted octanol–water partition coefficient (Wildman–Crippen LogP) is 12.7. The van der Waals surface area contributed by atoms with Gasteiger partial charge in [-0.25, -0.2) is 0 Å². The molecule has 0 aliphatic heterocycles. The van der Waals surface area contributed by atoms with E-state index in [1.54, 1.807) is 0 Å². The molecule has 0 amide bonds. The van der Waals surface area contributed by atoms with E-state index in [1.165, 1.54) is 70.0 Å². The van der Waals surface area contributed by atoms with E-state index in [9.17, 15) is 0 Å². The molecule has 0 N–H and O–H groups in total. The fourth-order valence-corrected chi connectivity index (χ4v) is 8.49. The van der Waals surface area contributed by atoms with Gasteiger partial charge in [-0.2, -0.15) is 0 Å². The number of nitrogens with zero attached hydrogens (tertiary/aromatic N) is 1. The van der Waals surface area contributed by atoms with Crippen molar-refractivity contribution in [3.05, 3.63) is 163 Å². The molecule has 0 radical (unpaired) electrons. The third-order valence-corrected chi connectivity index (χ3v) is 10.8. The predicted molar refractivity (Wildman–Crippen MR) is 195 cm³/mol. The van der Waals surface area contributed by atoms with Gasteiger partial charge >= 0.3 is 0 Å². The SMILES string of the molecule is CC1(C)c2ccccc2-c2ccc(N(c3ccc(-c4cccc5ccccc45)cc3)c3ccc4sc5ccccc5c4c3)cc21. The van der Waals surface area contributed by atoms with Crippen LogP contribution < -0.4 is 4.90 Å². The maximum absolute atomic E-state index is 2.43. The summed E-state index contributed by atoms with van der Waals surface area (Å²) in [5, 5.41) is 5.16. The Bertz CT molecular complexity index is 2410. The van der Waals surface area contributed by atoms with Crippen LogP contribution in [0.2, 0.25) is 0 Å². The highest BCUT2D eigenvalue weighted by Gasteiger charge is 2.35. The zero-order valence-corrected chi connectivity index (χ0v) is 26.1. The maximum Gasteiger partial charge on any atom is 0.0468 e. The van der Waals surface area contributed by atoms with E-state index >= 15 is 0 Å². The first-order valence-corrected chi connectivity index (χ1v) is 16.4. The number of thiophene rings is 1. The molecule has 8 aromatic rings. The first kappa shape index (κ1) is 26.2. The average molecular weight is 594 g/mol. The minimum absolute atomic E-state index is 0.0701. The Morgan fingerprint density at radius 2 is 1.07 bits per heavy atom. The minimum atomic E-state index is -0.0701. The highest BCUT2D eigenvalue weighted by molar-refractivity contribution is 7.25. The molecule has 45 heavy (non-hydrogen) atoms. The standard InChI is InChI=1S/C43H31NS/c1-43(2)39-16-7-5-13-35(39)36-24-22-32(27-40(36)43)44(31-23-25-42-38(26-31)37-14-6-8-17-41(37)45-42)30-20-18-29(19-21-30)34-15-9-11-28-10-3-4-12-33(28)34/h3-27H,1-2H3. The van der Waals surface area contributed by atoms with E-state index in [2.05, 4.69) is 170 Å². The zero-order chi connectivity index (χ0) is 30.1. The van der Waals surface area contributed by atoms with Crippen molar-refractivity contribution in [1.29, 1.82) is 0 Å². The first-order chi connectivity index (χ1) is 22.1. The van der Waals surface area contributed by atoms with E-state index < -0.39 is 0 Å². The Morgan fingerprint density at radius 3 is 1.96 bits per heavy atom. The molecule has 1 aliphatic carbocycles. The van der Waals surface area contributed by atoms with Gasteiger partial charge < -0.3 is 4.90 Å². The first-order valence-electron chi connectivity index (χ1n) is 15.6. The Kier molecular flexibility index (Phi) is 5.78. The largest absolute Gasteiger partial charge is 0.310 e. The highest BCUT2D eigenvalue weighted by Crippen LogP contribution is 2.51. The topological polar surface area (TPSA) is 3.24 Å². The van der Waals surface area contributed by atoms with Crippen molar-refractivity contribution in [2.24, 2.45) is 0 Å². The van der Waals surface area contributed by atoms with Gasteiger partial charge in [0.25, 0.3) is 0 Å². The van der Waals surface area contributed by atoms with Crippen LogP contribution in [0.15, 0.2) is 152 Å². The van der Waals surface area contributed by atoms with E-state index in [0.29, 0.717) is 0 Å². The summed E-state index contributed by atoms with van der Waals surface area (Å²) < 4.78 is 2.64. The molecule has 0 atom stereocenters. The zero-order valence-electron chi connectivity index (χ0n) is 25.3. The summed E-state index contributed by atoms with van der Waals surface area (Å²) in [7, 11) is 0. The molecule has 1 heterocycles. The quantitative estimate of drug-likeness (QED) is 0.196. The molecule has 9 rings (SSSR count). The maximum atomic E-state index is 2.43. The lowest BCUT2D eigenvalue weighted by atomic mass is 9.82. The van der Waals surface area contributed by atoms with Gasteiger partial charge in [-0.15, -0.1) is 11.3 Å². The fraction of sp³-hybridized carbons (Fsp3) is 0.0698. The summed E-state index contributed by atoms with van der Waals surface area (Å²) in [5.41, 5.74) is 11.4. The summed E-state index contributed by atoms with van der Waals surface area (Å²) in [6.07, 6.45) is 0. The lowest BCUT2D eigenvalue weighted by Gasteiger charge is -2.28. The van der Waals surface area contributed by atoms with Crippen LogP contribution in [-0.4, -0.2) is 0 Å². The number of anilines is 3. The van der Waals surface area contributed by atoms with Crippen LogP contribution in [-0.2, 0) is 5.41 Å². The molecule has 1 nitrogen and oxygen atoms in total. The molecule has 0 unspecified atom stereocenters. The van der Waals surface area contributed by atoms with Crippen molar-refractivity contribution >= 4 is 59.3 Å². The number of benzene rings is 7. The van der Waals surface area contributed by atoms with Crippen LogP contribution in [0.5, 0.6) is 0 Å². The fourth-order valence-electron chi connectivity index (χ4n) is 7.40. The van der Waals surface area contributed by atoms with Gasteiger partial charge in [0, 0.05) is 42.6 Å². The molecule has 0 bridgehead atoms. The van der Waals surface area contributed by atoms with Crippen LogP contribution in [0.25, 0.3) is 53.2 Å². The Balaban J connectivity index is 1.22. The van der Waals surface area contributed by atoms with Gasteiger partial charge in [0.1, 0.15) is 0 Å². The molecule has 0 saturated carbocycles. The molecular formula is C43H31NS. The minimum Gasteiger partial charge on any atom is -0.310 e. The summed E-state index contributed by atoms with van der Waals surface area (Å²) >= 11 is 1.86. The average Bonchev–Trinajstić information content (AvgIpc) is 3.57. The summed E-state index contributed by atoms with van der Waals surface area (Å²) in [5.74, 6) is 0. The molecule has 214 valence electrons. The smallest absolute Gasteiger partial charge is 0.0468 e. The molecule has 2 heteroatoms. The van der Waals surface area contributed by atoms with Crippen molar-refractivity contribution in [1.82, 2.24) is 0 Å². The number of hydrogen-bond donors (Lipinski definition) is 0. The summed E-state index contributed by atoms with van der Waals surface area (Å²) in [6, 6.07) is 55.9.